The van der Waals surface area contributed by atoms with Gasteiger partial charge in [-0.3, -0.25) is 9.48 Å². The highest BCUT2D eigenvalue weighted by molar-refractivity contribution is 6.02. The minimum atomic E-state index is -0.333. The number of nitrogens with zero attached hydrogens (tertiary/aromatic N) is 3. The maximum absolute atomic E-state index is 11.9. The molecule has 0 aliphatic heterocycles. The van der Waals surface area contributed by atoms with Gasteiger partial charge >= 0.3 is 0 Å². The second kappa shape index (κ2) is 6.07. The molecule has 0 unspecified atom stereocenters. The molecule has 2 rings (SSSR count). The standard InChI is InChI=1S/C12H15N5O2/c13-5-6-17-7-11(15-16-17)12(19)14-10-3-1-9(8-18)2-4-10/h1-4,7,18H,5-6,8,13H2,(H,14,19). The number of aliphatic hydroxyl groups is 1. The fourth-order valence-corrected chi connectivity index (χ4v) is 1.53. The van der Waals surface area contributed by atoms with Crippen LogP contribution in [0.3, 0.4) is 0 Å². The van der Waals surface area contributed by atoms with Gasteiger partial charge in [0.15, 0.2) is 5.69 Å². The molecule has 7 nitrogen and oxygen atoms in total. The summed E-state index contributed by atoms with van der Waals surface area (Å²) in [5.74, 6) is -0.333. The fourth-order valence-electron chi connectivity index (χ4n) is 1.53. The van der Waals surface area contributed by atoms with E-state index < -0.39 is 0 Å². The van der Waals surface area contributed by atoms with E-state index in [4.69, 9.17) is 10.8 Å². The van der Waals surface area contributed by atoms with Crippen molar-refractivity contribution in [1.82, 2.24) is 15.0 Å². The lowest BCUT2D eigenvalue weighted by atomic mass is 10.2. The van der Waals surface area contributed by atoms with Crippen molar-refractivity contribution < 1.29 is 9.90 Å². The highest BCUT2D eigenvalue weighted by atomic mass is 16.3. The molecule has 0 saturated heterocycles. The van der Waals surface area contributed by atoms with Crippen LogP contribution in [-0.2, 0) is 13.2 Å². The summed E-state index contributed by atoms with van der Waals surface area (Å²) < 4.78 is 1.52. The van der Waals surface area contributed by atoms with Gasteiger partial charge in [0.25, 0.3) is 5.91 Å². The number of aliphatic hydroxyl groups excluding tert-OH is 1. The Hall–Kier alpha value is -2.25. The Kier molecular flexibility index (Phi) is 4.22. The van der Waals surface area contributed by atoms with E-state index in [9.17, 15) is 4.79 Å². The van der Waals surface area contributed by atoms with Crippen molar-refractivity contribution in [1.29, 1.82) is 0 Å². The predicted molar refractivity (Wildman–Crippen MR) is 69.4 cm³/mol. The van der Waals surface area contributed by atoms with Gasteiger partial charge in [-0.2, -0.15) is 0 Å². The molecule has 0 atom stereocenters. The molecular weight excluding hydrogens is 246 g/mol. The largest absolute Gasteiger partial charge is 0.392 e. The van der Waals surface area contributed by atoms with E-state index in [1.54, 1.807) is 30.5 Å². The van der Waals surface area contributed by atoms with Gasteiger partial charge in [-0.1, -0.05) is 17.3 Å². The molecule has 1 aromatic heterocycles. The topological polar surface area (TPSA) is 106 Å². The van der Waals surface area contributed by atoms with Crippen LogP contribution < -0.4 is 11.1 Å². The summed E-state index contributed by atoms with van der Waals surface area (Å²) in [7, 11) is 0. The lowest BCUT2D eigenvalue weighted by molar-refractivity contribution is 0.102. The molecule has 19 heavy (non-hydrogen) atoms. The lowest BCUT2D eigenvalue weighted by Gasteiger charge is -2.03. The maximum atomic E-state index is 11.9. The summed E-state index contributed by atoms with van der Waals surface area (Å²) in [6.07, 6.45) is 1.55. The van der Waals surface area contributed by atoms with Gasteiger partial charge in [0.1, 0.15) is 0 Å². The highest BCUT2D eigenvalue weighted by Gasteiger charge is 2.10. The maximum Gasteiger partial charge on any atom is 0.277 e. The van der Waals surface area contributed by atoms with Gasteiger partial charge in [-0.25, -0.2) is 0 Å². The van der Waals surface area contributed by atoms with Gasteiger partial charge in [-0.15, -0.1) is 5.10 Å². The van der Waals surface area contributed by atoms with Crippen LogP contribution >= 0.6 is 0 Å². The lowest BCUT2D eigenvalue weighted by Crippen LogP contribution is -2.12. The van der Waals surface area contributed by atoms with Gasteiger partial charge < -0.3 is 16.2 Å². The number of carbonyl (C=O) groups is 1. The van der Waals surface area contributed by atoms with E-state index in [0.29, 0.717) is 18.8 Å². The number of hydrogen-bond donors (Lipinski definition) is 3. The highest BCUT2D eigenvalue weighted by Crippen LogP contribution is 2.10. The van der Waals surface area contributed by atoms with Crippen LogP contribution in [0.15, 0.2) is 30.5 Å². The third-order valence-electron chi connectivity index (χ3n) is 2.52. The molecule has 4 N–H and O–H groups in total. The molecule has 7 heteroatoms. The van der Waals surface area contributed by atoms with E-state index in [1.807, 2.05) is 0 Å². The first-order valence-corrected chi connectivity index (χ1v) is 5.84. The molecule has 1 heterocycles. The average Bonchev–Trinajstić information content (AvgIpc) is 2.89. The number of benzene rings is 1. The fraction of sp³-hybridized carbons (Fsp3) is 0.250. The Morgan fingerprint density at radius 1 is 1.37 bits per heavy atom. The van der Waals surface area contributed by atoms with E-state index in [-0.39, 0.29) is 18.2 Å². The number of rotatable bonds is 5. The van der Waals surface area contributed by atoms with Gasteiger partial charge in [0.2, 0.25) is 0 Å². The van der Waals surface area contributed by atoms with Crippen LogP contribution in [0.5, 0.6) is 0 Å². The van der Waals surface area contributed by atoms with E-state index in [2.05, 4.69) is 15.6 Å². The number of nitrogens with one attached hydrogen (secondary N) is 1. The number of amides is 1. The zero-order valence-electron chi connectivity index (χ0n) is 10.3. The summed E-state index contributed by atoms with van der Waals surface area (Å²) in [5, 5.41) is 19.2. The van der Waals surface area contributed by atoms with E-state index in [0.717, 1.165) is 5.56 Å². The Morgan fingerprint density at radius 2 is 2.11 bits per heavy atom. The van der Waals surface area contributed by atoms with E-state index in [1.165, 1.54) is 4.68 Å². The van der Waals surface area contributed by atoms with Crippen LogP contribution in [0.1, 0.15) is 16.1 Å². The number of hydrogen-bond acceptors (Lipinski definition) is 5. The summed E-state index contributed by atoms with van der Waals surface area (Å²) in [4.78, 5) is 11.9. The predicted octanol–water partition coefficient (Wildman–Crippen LogP) is -0.0186. The first-order chi connectivity index (χ1) is 9.22. The summed E-state index contributed by atoms with van der Waals surface area (Å²) >= 11 is 0. The summed E-state index contributed by atoms with van der Waals surface area (Å²) in [5.41, 5.74) is 7.04. The third-order valence-corrected chi connectivity index (χ3v) is 2.52. The molecule has 0 saturated carbocycles. The van der Waals surface area contributed by atoms with Gasteiger partial charge in [0, 0.05) is 12.2 Å². The molecule has 0 radical (unpaired) electrons. The molecule has 0 aliphatic rings. The number of carbonyl (C=O) groups excluding carboxylic acids is 1. The molecule has 0 aliphatic carbocycles. The number of aromatic nitrogens is 3. The van der Waals surface area contributed by atoms with Crippen molar-refractivity contribution in [2.75, 3.05) is 11.9 Å². The quantitative estimate of drug-likeness (QED) is 0.701. The number of anilines is 1. The van der Waals surface area contributed by atoms with Crippen molar-refractivity contribution in [3.63, 3.8) is 0 Å². The molecule has 1 aromatic carbocycles. The van der Waals surface area contributed by atoms with Crippen LogP contribution in [0.25, 0.3) is 0 Å². The Bertz CT molecular complexity index is 550. The van der Waals surface area contributed by atoms with Crippen molar-refractivity contribution in [2.24, 2.45) is 5.73 Å². The zero-order chi connectivity index (χ0) is 13.7. The van der Waals surface area contributed by atoms with Gasteiger partial charge in [0.05, 0.1) is 19.3 Å². The molecular formula is C12H15N5O2. The van der Waals surface area contributed by atoms with Crippen molar-refractivity contribution in [3.05, 3.63) is 41.7 Å². The summed E-state index contributed by atoms with van der Waals surface area (Å²) in [6, 6.07) is 6.91. The molecule has 100 valence electrons. The second-order valence-corrected chi connectivity index (χ2v) is 3.96. The van der Waals surface area contributed by atoms with Crippen LogP contribution in [-0.4, -0.2) is 32.6 Å². The number of nitrogens with two attached hydrogens (primary N) is 1. The Labute approximate surface area is 110 Å². The first kappa shape index (κ1) is 13.2. The molecule has 2 aromatic rings. The molecule has 1 amide bonds. The Balaban J connectivity index is 2.02. The van der Waals surface area contributed by atoms with Crippen molar-refractivity contribution >= 4 is 11.6 Å². The van der Waals surface area contributed by atoms with Crippen molar-refractivity contribution in [2.45, 2.75) is 13.2 Å². The van der Waals surface area contributed by atoms with Crippen LogP contribution in [0, 0.1) is 0 Å². The Morgan fingerprint density at radius 3 is 2.74 bits per heavy atom. The van der Waals surface area contributed by atoms with Crippen molar-refractivity contribution in [3.8, 4) is 0 Å². The first-order valence-electron chi connectivity index (χ1n) is 5.84. The monoisotopic (exact) mass is 261 g/mol. The molecule has 0 spiro atoms. The normalized spacial score (nSPS) is 10.4. The molecule has 0 bridgehead atoms. The smallest absolute Gasteiger partial charge is 0.277 e. The average molecular weight is 261 g/mol. The summed E-state index contributed by atoms with van der Waals surface area (Å²) in [6.45, 7) is 0.931. The third kappa shape index (κ3) is 3.36. The SMILES string of the molecule is NCCn1cc(C(=O)Nc2ccc(CO)cc2)nn1. The van der Waals surface area contributed by atoms with Crippen LogP contribution in [0.4, 0.5) is 5.69 Å². The minimum absolute atomic E-state index is 0.0261. The second-order valence-electron chi connectivity index (χ2n) is 3.96. The minimum Gasteiger partial charge on any atom is -0.392 e. The van der Waals surface area contributed by atoms with E-state index >= 15 is 0 Å². The zero-order valence-corrected chi connectivity index (χ0v) is 10.3. The van der Waals surface area contributed by atoms with Gasteiger partial charge in [-0.05, 0) is 17.7 Å². The van der Waals surface area contributed by atoms with Crippen LogP contribution in [0.2, 0.25) is 0 Å². The molecule has 0 fully saturated rings.